The summed E-state index contributed by atoms with van der Waals surface area (Å²) in [6.07, 6.45) is 4.44. The molecule has 2 nitrogen and oxygen atoms in total. The molecule has 0 saturated heterocycles. The van der Waals surface area contributed by atoms with E-state index in [2.05, 4.69) is 50.1 Å². The highest BCUT2D eigenvalue weighted by atomic mass is 15.2. The summed E-state index contributed by atoms with van der Waals surface area (Å²) < 4.78 is 0. The van der Waals surface area contributed by atoms with Gasteiger partial charge in [-0.2, -0.15) is 0 Å². The van der Waals surface area contributed by atoms with Gasteiger partial charge in [-0.05, 0) is 26.2 Å². The molecule has 1 aliphatic heterocycles. The van der Waals surface area contributed by atoms with Gasteiger partial charge in [0.15, 0.2) is 0 Å². The van der Waals surface area contributed by atoms with Gasteiger partial charge in [-0.1, -0.05) is 13.0 Å². The van der Waals surface area contributed by atoms with E-state index in [0.29, 0.717) is 12.0 Å². The zero-order valence-electron chi connectivity index (χ0n) is 7.91. The minimum Gasteiger partial charge on any atom is -0.379 e. The lowest BCUT2D eigenvalue weighted by molar-refractivity contribution is 0.188. The van der Waals surface area contributed by atoms with E-state index in [1.165, 1.54) is 0 Å². The fourth-order valence-corrected chi connectivity index (χ4v) is 1.57. The van der Waals surface area contributed by atoms with Crippen molar-refractivity contribution >= 4 is 0 Å². The summed E-state index contributed by atoms with van der Waals surface area (Å²) in [5, 5.41) is 0. The highest BCUT2D eigenvalue weighted by molar-refractivity contribution is 4.98. The summed E-state index contributed by atoms with van der Waals surface area (Å²) >= 11 is 0. The maximum atomic E-state index is 2.30. The molecule has 2 heteroatoms. The number of likely N-dealkylation sites (N-methyl/N-ethyl adjacent to an activating group) is 2. The SMILES string of the molecule is CC1C=CN(C)CC1N(C)C. The van der Waals surface area contributed by atoms with Gasteiger partial charge in [-0.15, -0.1) is 0 Å². The largest absolute Gasteiger partial charge is 0.379 e. The first kappa shape index (κ1) is 8.60. The third-order valence-electron chi connectivity index (χ3n) is 2.39. The number of nitrogens with zero attached hydrogens (tertiary/aromatic N) is 2. The number of rotatable bonds is 1. The van der Waals surface area contributed by atoms with E-state index in [-0.39, 0.29) is 0 Å². The molecule has 0 aromatic heterocycles. The lowest BCUT2D eigenvalue weighted by atomic mass is 9.98. The number of hydrogen-bond donors (Lipinski definition) is 0. The van der Waals surface area contributed by atoms with E-state index in [4.69, 9.17) is 0 Å². The second-order valence-corrected chi connectivity index (χ2v) is 3.67. The first-order valence-electron chi connectivity index (χ1n) is 4.16. The Kier molecular flexibility index (Phi) is 2.55. The van der Waals surface area contributed by atoms with Crippen LogP contribution in [0.15, 0.2) is 12.3 Å². The third-order valence-corrected chi connectivity index (χ3v) is 2.39. The van der Waals surface area contributed by atoms with Crippen LogP contribution in [0.4, 0.5) is 0 Å². The van der Waals surface area contributed by atoms with Crippen LogP contribution in [0.2, 0.25) is 0 Å². The topological polar surface area (TPSA) is 6.48 Å². The van der Waals surface area contributed by atoms with Gasteiger partial charge in [0.25, 0.3) is 0 Å². The highest BCUT2D eigenvalue weighted by Gasteiger charge is 2.21. The van der Waals surface area contributed by atoms with Crippen LogP contribution in [0.5, 0.6) is 0 Å². The molecule has 0 bridgehead atoms. The van der Waals surface area contributed by atoms with Crippen molar-refractivity contribution in [1.29, 1.82) is 0 Å². The minimum atomic E-state index is 0.671. The molecule has 1 heterocycles. The summed E-state index contributed by atoms with van der Waals surface area (Å²) in [7, 11) is 6.42. The van der Waals surface area contributed by atoms with Crippen molar-refractivity contribution in [2.24, 2.45) is 5.92 Å². The zero-order chi connectivity index (χ0) is 8.43. The Morgan fingerprint density at radius 3 is 2.55 bits per heavy atom. The molecule has 0 fully saturated rings. The average Bonchev–Trinajstić information content (AvgIpc) is 1.94. The minimum absolute atomic E-state index is 0.671. The van der Waals surface area contributed by atoms with Crippen LogP contribution in [-0.4, -0.2) is 43.5 Å². The molecule has 0 radical (unpaired) electrons. The van der Waals surface area contributed by atoms with Crippen LogP contribution in [0, 0.1) is 5.92 Å². The summed E-state index contributed by atoms with van der Waals surface area (Å²) in [5.41, 5.74) is 0. The molecule has 1 rings (SSSR count). The summed E-state index contributed by atoms with van der Waals surface area (Å²) in [4.78, 5) is 4.54. The van der Waals surface area contributed by atoms with Gasteiger partial charge in [-0.25, -0.2) is 0 Å². The first-order valence-corrected chi connectivity index (χ1v) is 4.16. The van der Waals surface area contributed by atoms with Crippen molar-refractivity contribution in [3.8, 4) is 0 Å². The van der Waals surface area contributed by atoms with Crippen molar-refractivity contribution in [3.05, 3.63) is 12.3 Å². The molecule has 0 aromatic carbocycles. The average molecular weight is 154 g/mol. The van der Waals surface area contributed by atoms with Crippen molar-refractivity contribution < 1.29 is 0 Å². The monoisotopic (exact) mass is 154 g/mol. The van der Waals surface area contributed by atoms with Crippen LogP contribution in [0.25, 0.3) is 0 Å². The molecule has 0 amide bonds. The second-order valence-electron chi connectivity index (χ2n) is 3.67. The molecule has 2 unspecified atom stereocenters. The van der Waals surface area contributed by atoms with E-state index in [1.807, 2.05) is 0 Å². The Labute approximate surface area is 69.5 Å². The second kappa shape index (κ2) is 3.26. The van der Waals surface area contributed by atoms with Gasteiger partial charge in [0.05, 0.1) is 0 Å². The van der Waals surface area contributed by atoms with Crippen LogP contribution in [0.1, 0.15) is 6.92 Å². The van der Waals surface area contributed by atoms with Gasteiger partial charge in [0.2, 0.25) is 0 Å². The summed E-state index contributed by atoms with van der Waals surface area (Å²) in [6.45, 7) is 3.42. The standard InChI is InChI=1S/C9H18N2/c1-8-5-6-11(4)7-9(8)10(2)3/h5-6,8-9H,7H2,1-4H3. The fraction of sp³-hybridized carbons (Fsp3) is 0.778. The van der Waals surface area contributed by atoms with E-state index in [0.717, 1.165) is 6.54 Å². The van der Waals surface area contributed by atoms with Crippen LogP contribution in [-0.2, 0) is 0 Å². The van der Waals surface area contributed by atoms with Crippen LogP contribution >= 0.6 is 0 Å². The van der Waals surface area contributed by atoms with Crippen molar-refractivity contribution in [2.75, 3.05) is 27.7 Å². The van der Waals surface area contributed by atoms with Gasteiger partial charge in [-0.3, -0.25) is 0 Å². The molecule has 11 heavy (non-hydrogen) atoms. The molecule has 64 valence electrons. The Morgan fingerprint density at radius 1 is 1.45 bits per heavy atom. The summed E-state index contributed by atoms with van der Waals surface area (Å²) in [5.74, 6) is 0.682. The molecule has 1 aliphatic rings. The van der Waals surface area contributed by atoms with Crippen molar-refractivity contribution in [1.82, 2.24) is 9.80 Å². The molecular formula is C9H18N2. The highest BCUT2D eigenvalue weighted by Crippen LogP contribution is 2.15. The van der Waals surface area contributed by atoms with E-state index in [9.17, 15) is 0 Å². The third kappa shape index (κ3) is 1.96. The molecule has 0 N–H and O–H groups in total. The normalized spacial score (nSPS) is 31.5. The number of hydrogen-bond acceptors (Lipinski definition) is 2. The Morgan fingerprint density at radius 2 is 2.09 bits per heavy atom. The lowest BCUT2D eigenvalue weighted by Gasteiger charge is -2.35. The quantitative estimate of drug-likeness (QED) is 0.556. The van der Waals surface area contributed by atoms with Crippen molar-refractivity contribution in [2.45, 2.75) is 13.0 Å². The molecule has 0 saturated carbocycles. The van der Waals surface area contributed by atoms with Crippen molar-refractivity contribution in [3.63, 3.8) is 0 Å². The van der Waals surface area contributed by atoms with Gasteiger partial charge < -0.3 is 9.80 Å². The maximum absolute atomic E-state index is 2.30. The molecule has 0 spiro atoms. The Bertz CT molecular complexity index is 152. The smallest absolute Gasteiger partial charge is 0.0330 e. The zero-order valence-corrected chi connectivity index (χ0v) is 7.91. The molecule has 0 aromatic rings. The maximum Gasteiger partial charge on any atom is 0.0330 e. The van der Waals surface area contributed by atoms with Gasteiger partial charge >= 0.3 is 0 Å². The lowest BCUT2D eigenvalue weighted by Crippen LogP contribution is -2.43. The molecule has 0 aliphatic carbocycles. The Hall–Kier alpha value is -0.500. The predicted octanol–water partition coefficient (Wildman–Crippen LogP) is 1.01. The first-order chi connectivity index (χ1) is 5.11. The van der Waals surface area contributed by atoms with E-state index < -0.39 is 0 Å². The fourth-order valence-electron chi connectivity index (χ4n) is 1.57. The summed E-state index contributed by atoms with van der Waals surface area (Å²) in [6, 6.07) is 0.671. The Balaban J connectivity index is 2.60. The van der Waals surface area contributed by atoms with Crippen LogP contribution < -0.4 is 0 Å². The molecule has 2 atom stereocenters. The van der Waals surface area contributed by atoms with E-state index in [1.54, 1.807) is 0 Å². The van der Waals surface area contributed by atoms with E-state index >= 15 is 0 Å². The van der Waals surface area contributed by atoms with Crippen LogP contribution in [0.3, 0.4) is 0 Å². The molecular weight excluding hydrogens is 136 g/mol. The van der Waals surface area contributed by atoms with Gasteiger partial charge in [0.1, 0.15) is 0 Å². The predicted molar refractivity (Wildman–Crippen MR) is 48.4 cm³/mol. The van der Waals surface area contributed by atoms with Gasteiger partial charge in [0, 0.05) is 19.6 Å².